The van der Waals surface area contributed by atoms with Gasteiger partial charge in [0.1, 0.15) is 5.69 Å². The van der Waals surface area contributed by atoms with Gasteiger partial charge < -0.3 is 15.4 Å². The van der Waals surface area contributed by atoms with Crippen LogP contribution in [0.5, 0.6) is 0 Å². The molecule has 0 aromatic heterocycles. The first-order chi connectivity index (χ1) is 11.2. The predicted molar refractivity (Wildman–Crippen MR) is 84.7 cm³/mol. The van der Waals surface area contributed by atoms with Crippen LogP contribution in [0.2, 0.25) is 0 Å². The molecule has 1 rings (SSSR count). The van der Waals surface area contributed by atoms with Crippen LogP contribution >= 0.6 is 0 Å². The molecule has 0 aliphatic heterocycles. The second-order valence-corrected chi connectivity index (χ2v) is 4.99. The minimum absolute atomic E-state index is 0.0832. The summed E-state index contributed by atoms with van der Waals surface area (Å²) in [5.74, 6) is -1.73. The average Bonchev–Trinajstić information content (AvgIpc) is 2.50. The minimum Gasteiger partial charge on any atom is -0.452 e. The van der Waals surface area contributed by atoms with Crippen molar-refractivity contribution in [2.45, 2.75) is 19.9 Å². The van der Waals surface area contributed by atoms with Crippen molar-refractivity contribution < 1.29 is 24.0 Å². The number of urea groups is 1. The summed E-state index contributed by atoms with van der Waals surface area (Å²) in [6.07, 6.45) is 0. The molecule has 0 saturated carbocycles. The second kappa shape index (κ2) is 8.46. The standard InChI is InChI=1S/C14H18N4O6/c1-8(2)16-14(21)17-12(19)7-24-13(20)9-4-5-10(15-3)11(6-9)18(22)23/h4-6,8,15H,7H2,1-3H3,(H2,16,17,19,21). The Kier molecular flexibility index (Phi) is 6.65. The molecule has 3 amide bonds. The first-order valence-electron chi connectivity index (χ1n) is 6.98. The van der Waals surface area contributed by atoms with Crippen molar-refractivity contribution in [2.75, 3.05) is 19.0 Å². The van der Waals surface area contributed by atoms with E-state index in [0.29, 0.717) is 0 Å². The van der Waals surface area contributed by atoms with Gasteiger partial charge in [0.2, 0.25) is 0 Å². The number of nitrogens with zero attached hydrogens (tertiary/aromatic N) is 1. The molecule has 130 valence electrons. The maximum absolute atomic E-state index is 11.8. The number of carbonyl (C=O) groups is 3. The summed E-state index contributed by atoms with van der Waals surface area (Å²) in [4.78, 5) is 44.9. The summed E-state index contributed by atoms with van der Waals surface area (Å²) < 4.78 is 4.73. The van der Waals surface area contributed by atoms with Crippen LogP contribution in [0.25, 0.3) is 0 Å². The van der Waals surface area contributed by atoms with Gasteiger partial charge in [-0.15, -0.1) is 0 Å². The van der Waals surface area contributed by atoms with Gasteiger partial charge in [0, 0.05) is 19.2 Å². The highest BCUT2D eigenvalue weighted by atomic mass is 16.6. The SMILES string of the molecule is CNc1ccc(C(=O)OCC(=O)NC(=O)NC(C)C)cc1[N+](=O)[O-]. The number of anilines is 1. The van der Waals surface area contributed by atoms with Gasteiger partial charge in [-0.1, -0.05) is 0 Å². The lowest BCUT2D eigenvalue weighted by Crippen LogP contribution is -2.44. The molecule has 0 atom stereocenters. The van der Waals surface area contributed by atoms with Gasteiger partial charge in [0.15, 0.2) is 6.61 Å². The highest BCUT2D eigenvalue weighted by molar-refractivity contribution is 5.97. The fraction of sp³-hybridized carbons (Fsp3) is 0.357. The van der Waals surface area contributed by atoms with Gasteiger partial charge in [-0.05, 0) is 26.0 Å². The Morgan fingerprint density at radius 3 is 2.50 bits per heavy atom. The number of esters is 1. The maximum Gasteiger partial charge on any atom is 0.338 e. The zero-order chi connectivity index (χ0) is 18.3. The summed E-state index contributed by atoms with van der Waals surface area (Å²) in [6.45, 7) is 2.74. The zero-order valence-corrected chi connectivity index (χ0v) is 13.4. The zero-order valence-electron chi connectivity index (χ0n) is 13.4. The number of carbonyl (C=O) groups excluding carboxylic acids is 3. The Balaban J connectivity index is 2.65. The molecule has 1 aromatic rings. The maximum atomic E-state index is 11.8. The minimum atomic E-state index is -0.917. The highest BCUT2D eigenvalue weighted by Gasteiger charge is 2.18. The van der Waals surface area contributed by atoms with Crippen molar-refractivity contribution in [3.05, 3.63) is 33.9 Å². The smallest absolute Gasteiger partial charge is 0.338 e. The number of hydrogen-bond acceptors (Lipinski definition) is 7. The molecule has 0 radical (unpaired) electrons. The highest BCUT2D eigenvalue weighted by Crippen LogP contribution is 2.25. The molecule has 3 N–H and O–H groups in total. The molecular formula is C14H18N4O6. The van der Waals surface area contributed by atoms with Crippen LogP contribution in [0.1, 0.15) is 24.2 Å². The molecule has 10 heteroatoms. The molecule has 0 bridgehead atoms. The lowest BCUT2D eigenvalue weighted by Gasteiger charge is -2.09. The number of imide groups is 1. The Labute approximate surface area is 137 Å². The van der Waals surface area contributed by atoms with Crippen LogP contribution in [-0.2, 0) is 9.53 Å². The Bertz CT molecular complexity index is 659. The van der Waals surface area contributed by atoms with Crippen LogP contribution in [0.3, 0.4) is 0 Å². The Morgan fingerprint density at radius 1 is 1.29 bits per heavy atom. The van der Waals surface area contributed by atoms with Crippen LogP contribution in [0, 0.1) is 10.1 Å². The first kappa shape index (κ1) is 18.9. The molecule has 1 aromatic carbocycles. The molecule has 0 saturated heterocycles. The third-order valence-electron chi connectivity index (χ3n) is 2.71. The number of hydrogen-bond donors (Lipinski definition) is 3. The monoisotopic (exact) mass is 338 g/mol. The van der Waals surface area contributed by atoms with Crippen LogP contribution in [0.4, 0.5) is 16.2 Å². The second-order valence-electron chi connectivity index (χ2n) is 4.99. The third kappa shape index (κ3) is 5.55. The van der Waals surface area contributed by atoms with E-state index in [4.69, 9.17) is 4.74 Å². The molecule has 0 spiro atoms. The van der Waals surface area contributed by atoms with Gasteiger partial charge in [0.05, 0.1) is 10.5 Å². The van der Waals surface area contributed by atoms with E-state index in [1.807, 2.05) is 5.32 Å². The van der Waals surface area contributed by atoms with E-state index in [-0.39, 0.29) is 23.0 Å². The molecule has 24 heavy (non-hydrogen) atoms. The van der Waals surface area contributed by atoms with Crippen molar-refractivity contribution >= 4 is 29.3 Å². The summed E-state index contributed by atoms with van der Waals surface area (Å²) in [5.41, 5.74) is -0.146. The van der Waals surface area contributed by atoms with Crippen molar-refractivity contribution in [2.24, 2.45) is 0 Å². The van der Waals surface area contributed by atoms with E-state index < -0.39 is 29.4 Å². The number of nitro benzene ring substituents is 1. The fourth-order valence-corrected chi connectivity index (χ4v) is 1.70. The summed E-state index contributed by atoms with van der Waals surface area (Å²) in [7, 11) is 1.51. The predicted octanol–water partition coefficient (Wildman–Crippen LogP) is 1.03. The van der Waals surface area contributed by atoms with Crippen LogP contribution < -0.4 is 16.0 Å². The van der Waals surface area contributed by atoms with Crippen molar-refractivity contribution in [3.63, 3.8) is 0 Å². The molecule has 0 fully saturated rings. The van der Waals surface area contributed by atoms with E-state index in [9.17, 15) is 24.5 Å². The van der Waals surface area contributed by atoms with Gasteiger partial charge in [-0.25, -0.2) is 9.59 Å². The van der Waals surface area contributed by atoms with Crippen LogP contribution in [0.15, 0.2) is 18.2 Å². The lowest BCUT2D eigenvalue weighted by atomic mass is 10.1. The van der Waals surface area contributed by atoms with E-state index in [0.717, 1.165) is 6.07 Å². The van der Waals surface area contributed by atoms with Crippen molar-refractivity contribution in [3.8, 4) is 0 Å². The lowest BCUT2D eigenvalue weighted by molar-refractivity contribution is -0.384. The number of nitro groups is 1. The largest absolute Gasteiger partial charge is 0.452 e. The van der Waals surface area contributed by atoms with E-state index in [2.05, 4.69) is 10.6 Å². The van der Waals surface area contributed by atoms with Gasteiger partial charge in [0.25, 0.3) is 11.6 Å². The fourth-order valence-electron chi connectivity index (χ4n) is 1.70. The molecule has 0 heterocycles. The van der Waals surface area contributed by atoms with E-state index in [1.54, 1.807) is 13.8 Å². The number of ether oxygens (including phenoxy) is 1. The quantitative estimate of drug-likeness (QED) is 0.400. The molecule has 0 unspecified atom stereocenters. The molecule has 0 aliphatic rings. The van der Waals surface area contributed by atoms with Gasteiger partial charge >= 0.3 is 12.0 Å². The number of benzene rings is 1. The van der Waals surface area contributed by atoms with E-state index >= 15 is 0 Å². The Hall–Kier alpha value is -3.17. The summed E-state index contributed by atoms with van der Waals surface area (Å²) >= 11 is 0. The normalized spacial score (nSPS) is 10.0. The molecule has 10 nitrogen and oxygen atoms in total. The van der Waals surface area contributed by atoms with Gasteiger partial charge in [-0.3, -0.25) is 20.2 Å². The number of nitrogens with one attached hydrogen (secondary N) is 3. The van der Waals surface area contributed by atoms with E-state index in [1.165, 1.54) is 19.2 Å². The molecular weight excluding hydrogens is 320 g/mol. The number of rotatable bonds is 6. The third-order valence-corrected chi connectivity index (χ3v) is 2.71. The van der Waals surface area contributed by atoms with Crippen molar-refractivity contribution in [1.82, 2.24) is 10.6 Å². The summed E-state index contributed by atoms with van der Waals surface area (Å²) in [6, 6.07) is 2.85. The average molecular weight is 338 g/mol. The van der Waals surface area contributed by atoms with Crippen molar-refractivity contribution in [1.29, 1.82) is 0 Å². The van der Waals surface area contributed by atoms with Crippen LogP contribution in [-0.4, -0.2) is 42.5 Å². The Morgan fingerprint density at radius 2 is 1.96 bits per heavy atom. The van der Waals surface area contributed by atoms with Gasteiger partial charge in [-0.2, -0.15) is 0 Å². The molecule has 0 aliphatic carbocycles. The topological polar surface area (TPSA) is 140 Å². The first-order valence-corrected chi connectivity index (χ1v) is 6.98. The number of amides is 3. The summed E-state index contributed by atoms with van der Waals surface area (Å²) in [5, 5.41) is 18.0.